The summed E-state index contributed by atoms with van der Waals surface area (Å²) in [4.78, 5) is 0.691. The molecule has 0 bridgehead atoms. The van der Waals surface area contributed by atoms with E-state index in [0.29, 0.717) is 11.4 Å². The topological polar surface area (TPSA) is 21.3 Å². The number of thioether (sulfide) groups is 1. The lowest BCUT2D eigenvalue weighted by atomic mass is 9.80. The average molecular weight is 858 g/mol. The van der Waals surface area contributed by atoms with E-state index in [0.717, 1.165) is 39.6 Å². The number of benzene rings is 3. The maximum Gasteiger partial charge on any atom is 0.194 e. The first-order chi connectivity index (χ1) is 28.9. The third-order valence-electron chi connectivity index (χ3n) is 11.9. The summed E-state index contributed by atoms with van der Waals surface area (Å²) in [6, 6.07) is 31.6. The molecule has 1 fully saturated rings. The van der Waals surface area contributed by atoms with Crippen molar-refractivity contribution < 1.29 is 4.74 Å². The molecule has 328 valence electrons. The fourth-order valence-electron chi connectivity index (χ4n) is 8.19. The van der Waals surface area contributed by atoms with Crippen molar-refractivity contribution in [3.63, 3.8) is 0 Å². The fourth-order valence-corrected chi connectivity index (χ4v) is 10.1. The number of thiocarbonyl (C=S) groups is 2. The number of hydrogen-bond donors (Lipinski definition) is 1. The minimum Gasteiger partial charge on any atom is -0.343 e. The van der Waals surface area contributed by atoms with Crippen molar-refractivity contribution in [1.82, 2.24) is 5.32 Å². The number of ether oxygens (including phenoxy) is 1. The zero-order valence-electron chi connectivity index (χ0n) is 38.0. The van der Waals surface area contributed by atoms with E-state index >= 15 is 0 Å². The van der Waals surface area contributed by atoms with E-state index in [-0.39, 0.29) is 0 Å². The average Bonchev–Trinajstić information content (AvgIpc) is 4.09. The van der Waals surface area contributed by atoms with E-state index in [1.54, 1.807) is 11.8 Å². The quantitative estimate of drug-likeness (QED) is 0.0291. The van der Waals surface area contributed by atoms with E-state index in [2.05, 4.69) is 117 Å². The Balaban J connectivity index is 0.000000559. The van der Waals surface area contributed by atoms with E-state index in [9.17, 15) is 0 Å². The first-order valence-electron chi connectivity index (χ1n) is 24.3. The summed E-state index contributed by atoms with van der Waals surface area (Å²) in [6.07, 6.45) is 36.9. The number of unbranched alkanes of at least 4 members (excludes halogenated alkanes) is 20. The molecule has 0 aromatic heterocycles. The second-order valence-corrected chi connectivity index (χ2v) is 19.9. The largest absolute Gasteiger partial charge is 0.343 e. The van der Waals surface area contributed by atoms with Crippen molar-refractivity contribution in [2.24, 2.45) is 5.92 Å². The van der Waals surface area contributed by atoms with E-state index in [1.807, 2.05) is 6.92 Å². The van der Waals surface area contributed by atoms with Crippen molar-refractivity contribution >= 4 is 45.4 Å². The van der Waals surface area contributed by atoms with E-state index < -0.39 is 10.7 Å². The van der Waals surface area contributed by atoms with Gasteiger partial charge >= 0.3 is 0 Å². The monoisotopic (exact) mass is 858 g/mol. The van der Waals surface area contributed by atoms with Gasteiger partial charge in [-0.25, -0.2) is 0 Å². The summed E-state index contributed by atoms with van der Waals surface area (Å²) < 4.78 is 8.48. The second kappa shape index (κ2) is 31.7. The van der Waals surface area contributed by atoms with Gasteiger partial charge in [0.05, 0.1) is 9.19 Å². The van der Waals surface area contributed by atoms with Crippen LogP contribution in [0.15, 0.2) is 91.0 Å². The first kappa shape index (κ1) is 51.3. The van der Waals surface area contributed by atoms with Crippen LogP contribution in [0, 0.1) is 5.92 Å². The van der Waals surface area contributed by atoms with Crippen LogP contribution in [0.2, 0.25) is 0 Å². The molecule has 1 aliphatic carbocycles. The minimum atomic E-state index is -0.879. The summed E-state index contributed by atoms with van der Waals surface area (Å²) in [6.45, 7) is 8.65. The molecule has 59 heavy (non-hydrogen) atoms. The van der Waals surface area contributed by atoms with Crippen LogP contribution in [0.25, 0.3) is 0 Å². The Hall–Kier alpha value is -2.05. The molecular weight excluding hydrogens is 775 g/mol. The van der Waals surface area contributed by atoms with Crippen molar-refractivity contribution in [3.05, 3.63) is 108 Å². The molecule has 1 N–H and O–H groups in total. The third kappa shape index (κ3) is 21.1. The second-order valence-electron chi connectivity index (χ2n) is 17.2. The van der Waals surface area contributed by atoms with E-state index in [4.69, 9.17) is 29.2 Å². The minimum absolute atomic E-state index is 0.679. The highest BCUT2D eigenvalue weighted by atomic mass is 32.2. The lowest BCUT2D eigenvalue weighted by Gasteiger charge is -2.45. The molecule has 2 nitrogen and oxygen atoms in total. The highest BCUT2D eigenvalue weighted by molar-refractivity contribution is 8.23. The van der Waals surface area contributed by atoms with Gasteiger partial charge in [-0.05, 0) is 42.4 Å². The third-order valence-corrected chi connectivity index (χ3v) is 13.7. The summed E-state index contributed by atoms with van der Waals surface area (Å²) in [7, 11) is 0. The van der Waals surface area contributed by atoms with Gasteiger partial charge in [0, 0.05) is 6.42 Å². The number of hydrogen-bond acceptors (Lipinski definition) is 4. The zero-order valence-corrected chi connectivity index (χ0v) is 40.4. The highest BCUT2D eigenvalue weighted by Crippen LogP contribution is 2.47. The maximum atomic E-state index is 7.51. The molecule has 0 saturated heterocycles. The van der Waals surface area contributed by atoms with Gasteiger partial charge in [0.15, 0.2) is 5.06 Å². The summed E-state index contributed by atoms with van der Waals surface area (Å²) in [5.74, 6) is 1.15. The Bertz CT molecular complexity index is 1380. The Kier molecular flexibility index (Phi) is 27.6. The van der Waals surface area contributed by atoms with Gasteiger partial charge < -0.3 is 10.1 Å². The SMILES string of the molecule is CCCCCCCCCCCC1CC1.CCCCCCCCCCCCCCCC(=S)SC(CC)(NC(C)=S)OC(c1ccccc1)(c1ccccc1)c1ccccc1. The van der Waals surface area contributed by atoms with Crippen LogP contribution in [-0.4, -0.2) is 14.2 Å². The van der Waals surface area contributed by atoms with Gasteiger partial charge in [-0.3, -0.25) is 0 Å². The molecule has 3 aromatic rings. The normalized spacial score (nSPS) is 13.6. The van der Waals surface area contributed by atoms with Crippen LogP contribution in [0.1, 0.15) is 218 Å². The Morgan fingerprint density at radius 3 is 1.24 bits per heavy atom. The molecule has 0 radical (unpaired) electrons. The van der Waals surface area contributed by atoms with Crippen molar-refractivity contribution in [1.29, 1.82) is 0 Å². The van der Waals surface area contributed by atoms with E-state index in [1.165, 1.54) is 154 Å². The van der Waals surface area contributed by atoms with Crippen LogP contribution in [0.3, 0.4) is 0 Å². The molecule has 0 amide bonds. The molecule has 0 spiro atoms. The zero-order chi connectivity index (χ0) is 42.3. The molecule has 1 unspecified atom stereocenters. The molecule has 4 rings (SSSR count). The molecular formula is C54H83NOS3. The molecule has 1 aliphatic rings. The molecule has 5 heteroatoms. The lowest BCUT2D eigenvalue weighted by molar-refractivity contribution is -0.0775. The van der Waals surface area contributed by atoms with Gasteiger partial charge in [-0.15, -0.1) is 0 Å². The Morgan fingerprint density at radius 1 is 0.542 bits per heavy atom. The summed E-state index contributed by atoms with van der Waals surface area (Å²) >= 11 is 13.3. The lowest BCUT2D eigenvalue weighted by Crippen LogP contribution is -2.52. The molecule has 0 aliphatic heterocycles. The van der Waals surface area contributed by atoms with Crippen LogP contribution < -0.4 is 5.32 Å². The van der Waals surface area contributed by atoms with Gasteiger partial charge in [0.2, 0.25) is 0 Å². The Morgan fingerprint density at radius 2 is 0.898 bits per heavy atom. The maximum absolute atomic E-state index is 7.51. The van der Waals surface area contributed by atoms with Gasteiger partial charge in [0.25, 0.3) is 0 Å². The Labute approximate surface area is 378 Å². The van der Waals surface area contributed by atoms with Crippen LogP contribution in [-0.2, 0) is 10.3 Å². The standard InChI is InChI=1S/C40H55NOS3.C14H28/c1-4-6-7-8-9-10-11-12-13-14-15-16-26-33-38(44)45-39(5-2,41-34(3)43)42-40(35-27-20-17-21-28-35,36-29-22-18-23-30-36)37-31-24-19-25-32-37;1-2-3-4-5-6-7-8-9-10-11-14-12-13-14/h17-25,27-32H,4-16,26,33H2,1-3H3,(H,41,43);14H,2-13H2,1H3. The number of nitrogens with one attached hydrogen (secondary N) is 1. The molecule has 0 heterocycles. The molecule has 1 saturated carbocycles. The predicted molar refractivity (Wildman–Crippen MR) is 270 cm³/mol. The smallest absolute Gasteiger partial charge is 0.194 e. The summed E-state index contributed by atoms with van der Waals surface area (Å²) in [5, 5.41) is 2.73. The fraction of sp³-hybridized carbons (Fsp3) is 0.630. The van der Waals surface area contributed by atoms with Crippen molar-refractivity contribution in [2.75, 3.05) is 0 Å². The highest BCUT2D eigenvalue weighted by Gasteiger charge is 2.46. The number of rotatable bonds is 32. The van der Waals surface area contributed by atoms with Crippen molar-refractivity contribution in [2.45, 2.75) is 212 Å². The predicted octanol–water partition coefficient (Wildman–Crippen LogP) is 17.9. The summed E-state index contributed by atoms with van der Waals surface area (Å²) in [5.41, 5.74) is 2.31. The van der Waals surface area contributed by atoms with Crippen molar-refractivity contribution in [3.8, 4) is 0 Å². The van der Waals surface area contributed by atoms with Gasteiger partial charge in [-0.2, -0.15) is 0 Å². The van der Waals surface area contributed by atoms with Crippen LogP contribution in [0.5, 0.6) is 0 Å². The van der Waals surface area contributed by atoms with Crippen LogP contribution in [0.4, 0.5) is 0 Å². The van der Waals surface area contributed by atoms with Gasteiger partial charge in [-0.1, -0.05) is 302 Å². The first-order valence-corrected chi connectivity index (χ1v) is 25.9. The molecule has 1 atom stereocenters. The van der Waals surface area contributed by atoms with Crippen LogP contribution >= 0.6 is 36.2 Å². The van der Waals surface area contributed by atoms with Gasteiger partial charge in [0.1, 0.15) is 5.60 Å². The molecule has 3 aromatic carbocycles.